The van der Waals surface area contributed by atoms with Crippen molar-refractivity contribution >= 4 is 33.4 Å². The van der Waals surface area contributed by atoms with E-state index in [-0.39, 0.29) is 24.3 Å². The lowest BCUT2D eigenvalue weighted by Crippen LogP contribution is -2.66. The van der Waals surface area contributed by atoms with Crippen LogP contribution in [0.5, 0.6) is 0 Å². The van der Waals surface area contributed by atoms with Gasteiger partial charge >= 0.3 is 0 Å². The third kappa shape index (κ3) is 2.04. The number of nitrogens with zero attached hydrogens (tertiary/aromatic N) is 1. The van der Waals surface area contributed by atoms with E-state index in [0.717, 1.165) is 28.6 Å². The second kappa shape index (κ2) is 4.58. The van der Waals surface area contributed by atoms with E-state index in [4.69, 9.17) is 0 Å². The zero-order chi connectivity index (χ0) is 14.5. The van der Waals surface area contributed by atoms with Crippen molar-refractivity contribution in [3.05, 3.63) is 28.2 Å². The molecule has 1 unspecified atom stereocenters. The van der Waals surface area contributed by atoms with Gasteiger partial charge in [-0.2, -0.15) is 0 Å². The van der Waals surface area contributed by atoms with Crippen molar-refractivity contribution in [2.24, 2.45) is 5.92 Å². The van der Waals surface area contributed by atoms with E-state index in [1.165, 1.54) is 0 Å². The van der Waals surface area contributed by atoms with E-state index in [0.29, 0.717) is 0 Å². The average molecular weight is 337 g/mol. The molecule has 2 fully saturated rings. The largest absolute Gasteiger partial charge is 0.340 e. The van der Waals surface area contributed by atoms with Gasteiger partial charge in [-0.15, -0.1) is 0 Å². The van der Waals surface area contributed by atoms with Crippen LogP contribution in [0.2, 0.25) is 0 Å². The molecule has 0 bridgehead atoms. The van der Waals surface area contributed by atoms with Crippen molar-refractivity contribution in [2.75, 3.05) is 11.4 Å². The maximum absolute atomic E-state index is 12.8. The number of hydrogen-bond donors (Lipinski definition) is 1. The molecule has 20 heavy (non-hydrogen) atoms. The summed E-state index contributed by atoms with van der Waals surface area (Å²) in [6.45, 7) is 3.90. The van der Waals surface area contributed by atoms with E-state index in [2.05, 4.69) is 21.2 Å². The van der Waals surface area contributed by atoms with Crippen molar-refractivity contribution in [3.8, 4) is 0 Å². The summed E-state index contributed by atoms with van der Waals surface area (Å²) in [5.41, 5.74) is 1.05. The molecule has 2 amide bonds. The second-order valence-electron chi connectivity index (χ2n) is 5.80. The number of halogens is 1. The van der Waals surface area contributed by atoms with Crippen molar-refractivity contribution in [3.63, 3.8) is 0 Å². The summed E-state index contributed by atoms with van der Waals surface area (Å²) in [7, 11) is 0. The summed E-state index contributed by atoms with van der Waals surface area (Å²) in [5, 5.41) is 2.90. The van der Waals surface area contributed by atoms with Gasteiger partial charge in [0.2, 0.25) is 5.91 Å². The maximum atomic E-state index is 12.8. The zero-order valence-corrected chi connectivity index (χ0v) is 13.2. The van der Waals surface area contributed by atoms with Crippen LogP contribution >= 0.6 is 15.9 Å². The molecule has 1 aromatic rings. The molecule has 1 atom stereocenters. The van der Waals surface area contributed by atoms with E-state index in [1.807, 2.05) is 32.0 Å². The Morgan fingerprint density at radius 3 is 2.70 bits per heavy atom. The third-order valence-electron chi connectivity index (χ3n) is 4.31. The summed E-state index contributed by atoms with van der Waals surface area (Å²) < 4.78 is 0.946. The first-order valence-corrected chi connectivity index (χ1v) is 7.61. The number of hydrogen-bond acceptors (Lipinski definition) is 2. The summed E-state index contributed by atoms with van der Waals surface area (Å²) in [5.74, 6) is 0.188. The highest BCUT2D eigenvalue weighted by molar-refractivity contribution is 9.10. The van der Waals surface area contributed by atoms with E-state index in [1.54, 1.807) is 4.90 Å². The fourth-order valence-electron chi connectivity index (χ4n) is 2.90. The van der Waals surface area contributed by atoms with Gasteiger partial charge in [0.15, 0.2) is 0 Å². The molecule has 1 saturated carbocycles. The summed E-state index contributed by atoms with van der Waals surface area (Å²) >= 11 is 3.48. The number of piperazine rings is 1. The number of carbonyl (C=O) groups is 2. The highest BCUT2D eigenvalue weighted by Crippen LogP contribution is 2.42. The lowest BCUT2D eigenvalue weighted by molar-refractivity contribution is -0.136. The minimum absolute atomic E-state index is 0.000741. The van der Waals surface area contributed by atoms with Crippen LogP contribution in [0.4, 0.5) is 5.69 Å². The Kier molecular flexibility index (Phi) is 3.12. The molecular formula is C15H17BrN2O2. The highest BCUT2D eigenvalue weighted by atomic mass is 79.9. The molecule has 1 N–H and O–H groups in total. The third-order valence-corrected chi connectivity index (χ3v) is 5.17. The fourth-order valence-corrected chi connectivity index (χ4v) is 3.25. The van der Waals surface area contributed by atoms with Crippen LogP contribution in [0, 0.1) is 12.8 Å². The zero-order valence-electron chi connectivity index (χ0n) is 11.6. The van der Waals surface area contributed by atoms with Gasteiger partial charge in [0.1, 0.15) is 12.1 Å². The van der Waals surface area contributed by atoms with Crippen LogP contribution < -0.4 is 10.2 Å². The summed E-state index contributed by atoms with van der Waals surface area (Å²) in [6.07, 6.45) is 2.02. The van der Waals surface area contributed by atoms with Gasteiger partial charge in [0.25, 0.3) is 5.91 Å². The lowest BCUT2D eigenvalue weighted by Gasteiger charge is -2.40. The predicted molar refractivity (Wildman–Crippen MR) is 80.5 cm³/mol. The van der Waals surface area contributed by atoms with Gasteiger partial charge in [0.05, 0.1) is 0 Å². The van der Waals surface area contributed by atoms with Crippen molar-refractivity contribution in [1.29, 1.82) is 0 Å². The van der Waals surface area contributed by atoms with Crippen LogP contribution in [0.3, 0.4) is 0 Å². The van der Waals surface area contributed by atoms with Crippen LogP contribution in [-0.2, 0) is 9.59 Å². The van der Waals surface area contributed by atoms with Crippen LogP contribution in [-0.4, -0.2) is 23.9 Å². The average Bonchev–Trinajstić information content (AvgIpc) is 3.22. The molecule has 1 aromatic carbocycles. The Labute approximate surface area is 126 Å². The molecule has 1 saturated heterocycles. The van der Waals surface area contributed by atoms with Crippen LogP contribution in [0.1, 0.15) is 25.3 Å². The first kappa shape index (κ1) is 13.6. The Morgan fingerprint density at radius 1 is 1.35 bits per heavy atom. The molecular weight excluding hydrogens is 320 g/mol. The minimum atomic E-state index is -0.746. The molecule has 4 nitrogen and oxygen atoms in total. The van der Waals surface area contributed by atoms with Gasteiger partial charge in [-0.25, -0.2) is 0 Å². The molecule has 1 aliphatic heterocycles. The normalized spacial score (nSPS) is 26.6. The van der Waals surface area contributed by atoms with Crippen molar-refractivity contribution < 1.29 is 9.59 Å². The smallest absolute Gasteiger partial charge is 0.253 e. The topological polar surface area (TPSA) is 49.4 Å². The van der Waals surface area contributed by atoms with Crippen molar-refractivity contribution in [1.82, 2.24) is 5.32 Å². The van der Waals surface area contributed by atoms with Crippen LogP contribution in [0.25, 0.3) is 0 Å². The number of carbonyl (C=O) groups excluding carboxylic acids is 2. The lowest BCUT2D eigenvalue weighted by atomic mass is 9.91. The Balaban J connectivity index is 2.02. The van der Waals surface area contributed by atoms with E-state index >= 15 is 0 Å². The molecule has 3 rings (SSSR count). The van der Waals surface area contributed by atoms with Gasteiger partial charge in [-0.1, -0.05) is 22.0 Å². The number of nitrogens with one attached hydrogen (secondary N) is 1. The van der Waals surface area contributed by atoms with Gasteiger partial charge in [0, 0.05) is 10.2 Å². The standard InChI is InChI=1S/C15H17BrN2O2/c1-9-11(16)4-3-5-12(9)18-8-13(19)17-15(2,14(18)20)10-6-7-10/h3-5,10H,6-8H2,1-2H3,(H,17,19). The fraction of sp³-hybridized carbons (Fsp3) is 0.467. The quantitative estimate of drug-likeness (QED) is 0.901. The van der Waals surface area contributed by atoms with Gasteiger partial charge in [-0.3, -0.25) is 9.59 Å². The Hall–Kier alpha value is -1.36. The molecule has 1 aliphatic carbocycles. The SMILES string of the molecule is Cc1c(Br)cccc1N1CC(=O)NC(C)(C2CC2)C1=O. The number of benzene rings is 1. The summed E-state index contributed by atoms with van der Waals surface area (Å²) in [4.78, 5) is 26.5. The van der Waals surface area contributed by atoms with Crippen LogP contribution in [0.15, 0.2) is 22.7 Å². The number of anilines is 1. The number of rotatable bonds is 2. The number of amides is 2. The Bertz CT molecular complexity index is 598. The minimum Gasteiger partial charge on any atom is -0.340 e. The monoisotopic (exact) mass is 336 g/mol. The molecule has 0 spiro atoms. The molecule has 106 valence electrons. The molecule has 1 heterocycles. The van der Waals surface area contributed by atoms with Gasteiger partial charge in [-0.05, 0) is 50.3 Å². The van der Waals surface area contributed by atoms with E-state index in [9.17, 15) is 9.59 Å². The predicted octanol–water partition coefficient (Wildman–Crippen LogP) is 2.39. The maximum Gasteiger partial charge on any atom is 0.253 e. The molecule has 0 radical (unpaired) electrons. The van der Waals surface area contributed by atoms with Crippen molar-refractivity contribution in [2.45, 2.75) is 32.2 Å². The Morgan fingerprint density at radius 2 is 2.05 bits per heavy atom. The first-order chi connectivity index (χ1) is 9.43. The molecule has 2 aliphatic rings. The van der Waals surface area contributed by atoms with E-state index < -0.39 is 5.54 Å². The second-order valence-corrected chi connectivity index (χ2v) is 6.65. The molecule has 5 heteroatoms. The molecule has 0 aromatic heterocycles. The highest BCUT2D eigenvalue weighted by Gasteiger charge is 2.52. The van der Waals surface area contributed by atoms with Gasteiger partial charge < -0.3 is 10.2 Å². The first-order valence-electron chi connectivity index (χ1n) is 6.81. The summed E-state index contributed by atoms with van der Waals surface area (Å²) in [6, 6.07) is 5.72.